The van der Waals surface area contributed by atoms with Gasteiger partial charge in [0, 0.05) is 13.0 Å². The predicted molar refractivity (Wildman–Crippen MR) is 56.8 cm³/mol. The van der Waals surface area contributed by atoms with Crippen LogP contribution in [0.1, 0.15) is 12.8 Å². The number of hydrogen-bond donors (Lipinski definition) is 3. The summed E-state index contributed by atoms with van der Waals surface area (Å²) in [7, 11) is 0. The van der Waals surface area contributed by atoms with E-state index in [2.05, 4.69) is 5.32 Å². The van der Waals surface area contributed by atoms with Crippen LogP contribution in [0.5, 0.6) is 0 Å². The highest BCUT2D eigenvalue weighted by Gasteiger charge is 2.26. The average Bonchev–Trinajstić information content (AvgIpc) is 2.52. The smallest absolute Gasteiger partial charge is 0.326 e. The van der Waals surface area contributed by atoms with Crippen molar-refractivity contribution in [3.63, 3.8) is 0 Å². The molecule has 2 atom stereocenters. The summed E-state index contributed by atoms with van der Waals surface area (Å²) in [5.41, 5.74) is 5.04. The molecule has 1 heterocycles. The molecule has 0 saturated carbocycles. The van der Waals surface area contributed by atoms with E-state index in [9.17, 15) is 14.1 Å². The van der Waals surface area contributed by atoms with Gasteiger partial charge >= 0.3 is 5.97 Å². The number of nitrogens with two attached hydrogens (primary N) is 1. The highest BCUT2D eigenvalue weighted by molar-refractivity contribution is 7.90. The van der Waals surface area contributed by atoms with Gasteiger partial charge < -0.3 is 20.7 Å². The maximum absolute atomic E-state index is 10.4. The lowest BCUT2D eigenvalue weighted by Gasteiger charge is -1.99. The van der Waals surface area contributed by atoms with Gasteiger partial charge in [-0.2, -0.15) is 0 Å². The molecule has 1 rings (SSSR count). The van der Waals surface area contributed by atoms with Crippen LogP contribution in [0.3, 0.4) is 0 Å². The molecule has 1 fully saturated rings. The van der Waals surface area contributed by atoms with E-state index in [1.165, 1.54) is 0 Å². The molecule has 1 aliphatic heterocycles. The lowest BCUT2D eigenvalue weighted by Crippen LogP contribution is -2.32. The fourth-order valence-corrected chi connectivity index (χ4v) is 1.30. The van der Waals surface area contributed by atoms with Crippen LogP contribution in [0.4, 0.5) is 0 Å². The predicted octanol–water partition coefficient (Wildman–Crippen LogP) is -1.33. The van der Waals surface area contributed by atoms with E-state index in [0.29, 0.717) is 25.1 Å². The van der Waals surface area contributed by atoms with Crippen molar-refractivity contribution in [1.29, 1.82) is 0 Å². The lowest BCUT2D eigenvalue weighted by molar-refractivity contribution is -0.140. The average molecular weight is 236 g/mol. The largest absolute Gasteiger partial charge is 0.617 e. The van der Waals surface area contributed by atoms with Gasteiger partial charge in [0.15, 0.2) is 0 Å². The molecule has 88 valence electrons. The summed E-state index contributed by atoms with van der Waals surface area (Å²) in [6, 6.07) is -0.641. The molecule has 0 aromatic carbocycles. The van der Waals surface area contributed by atoms with E-state index in [4.69, 9.17) is 10.8 Å². The van der Waals surface area contributed by atoms with Gasteiger partial charge in [-0.3, -0.25) is 4.79 Å². The molecule has 1 saturated heterocycles. The Kier molecular flexibility index (Phi) is 7.10. The Labute approximate surface area is 91.4 Å². The summed E-state index contributed by atoms with van der Waals surface area (Å²) in [6.07, 6.45) is 2.41. The van der Waals surface area contributed by atoms with Crippen molar-refractivity contribution >= 4 is 23.1 Å². The van der Waals surface area contributed by atoms with Crippen LogP contribution < -0.4 is 11.1 Å². The Hall–Kier alpha value is -0.790. The Morgan fingerprint density at radius 1 is 1.80 bits per heavy atom. The van der Waals surface area contributed by atoms with Gasteiger partial charge in [-0.1, -0.05) is 11.2 Å². The third kappa shape index (κ3) is 7.18. The molecule has 0 aliphatic carbocycles. The first kappa shape index (κ1) is 14.2. The SMILES string of the molecule is C[S+]([O-])CCN.O=C1CCC(C(=O)O)N1. The van der Waals surface area contributed by atoms with E-state index < -0.39 is 23.2 Å². The molecule has 7 heteroatoms. The summed E-state index contributed by atoms with van der Waals surface area (Å²) in [5, 5.41) is 10.6. The number of carbonyl (C=O) groups is 2. The molecule has 6 nitrogen and oxygen atoms in total. The second kappa shape index (κ2) is 7.49. The lowest BCUT2D eigenvalue weighted by atomic mass is 10.2. The van der Waals surface area contributed by atoms with Crippen LogP contribution in [-0.2, 0) is 20.8 Å². The van der Waals surface area contributed by atoms with Gasteiger partial charge in [-0.15, -0.1) is 0 Å². The summed E-state index contributed by atoms with van der Waals surface area (Å²) < 4.78 is 10.1. The van der Waals surface area contributed by atoms with Crippen LogP contribution in [0.15, 0.2) is 0 Å². The summed E-state index contributed by atoms with van der Waals surface area (Å²) in [4.78, 5) is 20.5. The van der Waals surface area contributed by atoms with Crippen molar-refractivity contribution in [3.05, 3.63) is 0 Å². The molecular weight excluding hydrogens is 220 g/mol. The molecule has 0 spiro atoms. The number of amides is 1. The Bertz CT molecular complexity index is 223. The Morgan fingerprint density at radius 2 is 2.40 bits per heavy atom. The molecule has 0 bridgehead atoms. The normalized spacial score (nSPS) is 21.3. The number of carboxylic acid groups (broad SMARTS) is 1. The van der Waals surface area contributed by atoms with Crippen LogP contribution in [0.2, 0.25) is 0 Å². The van der Waals surface area contributed by atoms with Crippen molar-refractivity contribution in [2.45, 2.75) is 18.9 Å². The number of carbonyl (C=O) groups excluding carboxylic acids is 1. The molecule has 1 aliphatic rings. The second-order valence-electron chi connectivity index (χ2n) is 3.06. The van der Waals surface area contributed by atoms with Crippen molar-refractivity contribution in [3.8, 4) is 0 Å². The van der Waals surface area contributed by atoms with Crippen LogP contribution in [-0.4, -0.2) is 46.1 Å². The molecule has 1 amide bonds. The van der Waals surface area contributed by atoms with Gasteiger partial charge in [-0.25, -0.2) is 4.79 Å². The van der Waals surface area contributed by atoms with Crippen molar-refractivity contribution < 1.29 is 19.2 Å². The van der Waals surface area contributed by atoms with Gasteiger partial charge in [0.25, 0.3) is 0 Å². The van der Waals surface area contributed by atoms with Gasteiger partial charge in [0.05, 0.1) is 6.26 Å². The third-order valence-electron chi connectivity index (χ3n) is 1.70. The summed E-state index contributed by atoms with van der Waals surface area (Å²) in [6.45, 7) is 0.531. The third-order valence-corrected chi connectivity index (χ3v) is 2.51. The van der Waals surface area contributed by atoms with E-state index >= 15 is 0 Å². The van der Waals surface area contributed by atoms with Crippen LogP contribution in [0, 0.1) is 0 Å². The van der Waals surface area contributed by atoms with Gasteiger partial charge in [0.1, 0.15) is 11.8 Å². The molecule has 0 aromatic rings. The zero-order chi connectivity index (χ0) is 11.8. The number of carboxylic acids is 1. The Balaban J connectivity index is 0.000000288. The first-order valence-corrected chi connectivity index (χ1v) is 6.22. The van der Waals surface area contributed by atoms with Crippen LogP contribution >= 0.6 is 0 Å². The molecule has 2 unspecified atom stereocenters. The minimum Gasteiger partial charge on any atom is -0.617 e. The number of nitrogens with one attached hydrogen (secondary N) is 1. The van der Waals surface area contributed by atoms with Crippen LogP contribution in [0.25, 0.3) is 0 Å². The van der Waals surface area contributed by atoms with E-state index in [0.717, 1.165) is 0 Å². The highest BCUT2D eigenvalue weighted by Crippen LogP contribution is 2.05. The zero-order valence-corrected chi connectivity index (χ0v) is 9.38. The molecule has 15 heavy (non-hydrogen) atoms. The maximum atomic E-state index is 10.4. The molecule has 0 aromatic heterocycles. The van der Waals surface area contributed by atoms with E-state index in [1.54, 1.807) is 6.26 Å². The maximum Gasteiger partial charge on any atom is 0.326 e. The van der Waals surface area contributed by atoms with Gasteiger partial charge in [-0.05, 0) is 6.42 Å². The summed E-state index contributed by atoms with van der Waals surface area (Å²) in [5.74, 6) is -0.483. The second-order valence-corrected chi connectivity index (χ2v) is 4.62. The van der Waals surface area contributed by atoms with Crippen molar-refractivity contribution in [2.24, 2.45) is 5.73 Å². The molecular formula is C8H16N2O4S. The van der Waals surface area contributed by atoms with E-state index in [1.807, 2.05) is 0 Å². The monoisotopic (exact) mass is 236 g/mol. The molecule has 0 radical (unpaired) electrons. The van der Waals surface area contributed by atoms with Crippen molar-refractivity contribution in [2.75, 3.05) is 18.6 Å². The summed E-state index contributed by atoms with van der Waals surface area (Å²) >= 11 is -0.691. The number of aliphatic carboxylic acids is 1. The fourth-order valence-electron chi connectivity index (χ4n) is 0.965. The zero-order valence-electron chi connectivity index (χ0n) is 8.56. The Morgan fingerprint density at radius 3 is 2.53 bits per heavy atom. The quantitative estimate of drug-likeness (QED) is 0.525. The molecule has 4 N–H and O–H groups in total. The minimum atomic E-state index is -0.944. The standard InChI is InChI=1S/C5H7NO3.C3H9NOS/c7-4-2-1-3(6-4)5(8)9;1-6(5)3-2-4/h3H,1-2H2,(H,6,7)(H,8,9);2-4H2,1H3. The highest BCUT2D eigenvalue weighted by atomic mass is 32.2. The van der Waals surface area contributed by atoms with Gasteiger partial charge in [0.2, 0.25) is 5.91 Å². The van der Waals surface area contributed by atoms with Crippen molar-refractivity contribution in [1.82, 2.24) is 5.32 Å². The fraction of sp³-hybridized carbons (Fsp3) is 0.750. The minimum absolute atomic E-state index is 0.164. The topological polar surface area (TPSA) is 115 Å². The first-order chi connectivity index (χ1) is 6.97. The first-order valence-electron chi connectivity index (χ1n) is 4.49. The number of rotatable bonds is 3. The number of hydrogen-bond acceptors (Lipinski definition) is 4. The van der Waals surface area contributed by atoms with E-state index in [-0.39, 0.29) is 5.91 Å².